The zero-order valence-corrected chi connectivity index (χ0v) is 14.3. The molecule has 24 heavy (non-hydrogen) atoms. The second-order valence-corrected chi connectivity index (χ2v) is 5.83. The number of aliphatic hydroxyl groups is 1. The van der Waals surface area contributed by atoms with Crippen molar-refractivity contribution in [3.8, 4) is 0 Å². The van der Waals surface area contributed by atoms with Crippen molar-refractivity contribution >= 4 is 33.6 Å². The average Bonchev–Trinajstić information content (AvgIpc) is 2.08. The van der Waals surface area contributed by atoms with Crippen molar-refractivity contribution in [2.24, 2.45) is 0 Å². The Kier molecular flexibility index (Phi) is 15.0. The van der Waals surface area contributed by atoms with E-state index in [2.05, 4.69) is 4.31 Å². The fourth-order valence-electron chi connectivity index (χ4n) is 0.807. The quantitative estimate of drug-likeness (QED) is 0.276. The third-order valence-corrected chi connectivity index (χ3v) is 3.05. The summed E-state index contributed by atoms with van der Waals surface area (Å²) in [5, 5.41) is 38.9. The number of aliphatic carboxylic acids is 3. The van der Waals surface area contributed by atoms with E-state index in [9.17, 15) is 58.4 Å². The summed E-state index contributed by atoms with van der Waals surface area (Å²) in [5.41, 5.74) is -2.97. The van der Waals surface area contributed by atoms with Gasteiger partial charge in [-0.1, -0.05) is 0 Å². The molecule has 0 aliphatic carbocycles. The van der Waals surface area contributed by atoms with Crippen molar-refractivity contribution in [2.45, 2.75) is 18.4 Å². The maximum atomic E-state index is 10.1. The normalized spacial score (nSPS) is 11.0. The van der Waals surface area contributed by atoms with Crippen LogP contribution in [0.2, 0.25) is 0 Å². The molecule has 0 aromatic rings. The van der Waals surface area contributed by atoms with Crippen LogP contribution >= 0.6 is 15.6 Å². The molecule has 0 spiro atoms. The van der Waals surface area contributed by atoms with Gasteiger partial charge in [-0.25, -0.2) is 0 Å². The molecule has 0 radical (unpaired) electrons. The molecule has 0 saturated heterocycles. The van der Waals surface area contributed by atoms with Crippen LogP contribution in [0.1, 0.15) is 12.8 Å². The fraction of sp³-hybridized carbons (Fsp3) is 0.500. The van der Waals surface area contributed by atoms with Crippen LogP contribution < -0.4 is 41.0 Å². The van der Waals surface area contributed by atoms with Crippen LogP contribution in [0.3, 0.4) is 0 Å². The molecule has 0 unspecified atom stereocenters. The van der Waals surface area contributed by atoms with Gasteiger partial charge in [-0.3, -0.25) is 0 Å². The summed E-state index contributed by atoms with van der Waals surface area (Å²) in [5.74, 6) is -5.98. The van der Waals surface area contributed by atoms with Crippen LogP contribution in [-0.2, 0) is 44.9 Å². The molecule has 5 N–H and O–H groups in total. The number of phosphoric acid groups is 2. The Bertz CT molecular complexity index is 487. The van der Waals surface area contributed by atoms with Crippen LogP contribution in [0.15, 0.2) is 0 Å². The molecule has 0 atom stereocenters. The predicted molar refractivity (Wildman–Crippen MR) is 51.5 cm³/mol. The van der Waals surface area contributed by atoms with Crippen LogP contribution in [0.25, 0.3) is 0 Å². The van der Waals surface area contributed by atoms with Crippen molar-refractivity contribution < 1.29 is 84.9 Å². The van der Waals surface area contributed by atoms with E-state index >= 15 is 0 Å². The van der Waals surface area contributed by atoms with E-state index in [1.165, 1.54) is 0 Å². The SMILES string of the molecule is O=C([O-])CC(O)(CC(=O)[O-])C(=O)[O-].O=P([O-])([O-])OP(=O)([O-])[O-].[Fe+6].[NH4+]. The molecule has 0 aliphatic heterocycles. The third-order valence-electron chi connectivity index (χ3n) is 1.45. The molecule has 0 rings (SSSR count). The molecule has 0 heterocycles. The molecule has 0 aromatic heterocycles. The minimum Gasteiger partial charge on any atom is -0.790 e. The summed E-state index contributed by atoms with van der Waals surface area (Å²) < 4.78 is 21.2. The van der Waals surface area contributed by atoms with Crippen LogP contribution in [0.5, 0.6) is 0 Å². The number of hydrogen-bond donors (Lipinski definition) is 2. The number of carbonyl (C=O) groups excluding carboxylic acids is 3. The maximum Gasteiger partial charge on any atom is 6.00 e. The van der Waals surface area contributed by atoms with Gasteiger partial charge < -0.3 is 74.0 Å². The molecule has 0 fully saturated rings. The molecule has 15 nitrogen and oxygen atoms in total. The van der Waals surface area contributed by atoms with Gasteiger partial charge in [-0.15, -0.1) is 0 Å². The van der Waals surface area contributed by atoms with E-state index < -0.39 is 52.0 Å². The first-order chi connectivity index (χ1) is 9.48. The second kappa shape index (κ2) is 11.6. The van der Waals surface area contributed by atoms with Crippen LogP contribution in [0.4, 0.5) is 0 Å². The van der Waals surface area contributed by atoms with Gasteiger partial charge in [0, 0.05) is 24.8 Å². The van der Waals surface area contributed by atoms with Crippen molar-refractivity contribution in [3.05, 3.63) is 0 Å². The number of hydrogen-bond acceptors (Lipinski definition) is 14. The summed E-state index contributed by atoms with van der Waals surface area (Å²) >= 11 is 0. The molecule has 18 heteroatoms. The second-order valence-electron chi connectivity index (χ2n) is 3.39. The van der Waals surface area contributed by atoms with E-state index in [0.717, 1.165) is 0 Å². The van der Waals surface area contributed by atoms with E-state index in [-0.39, 0.29) is 23.2 Å². The first-order valence-corrected chi connectivity index (χ1v) is 7.49. The van der Waals surface area contributed by atoms with E-state index in [1.54, 1.807) is 0 Å². The first kappa shape index (κ1) is 30.9. The average molecular weight is 437 g/mol. The van der Waals surface area contributed by atoms with Gasteiger partial charge in [0.1, 0.15) is 5.60 Å². The molecule has 0 saturated carbocycles. The van der Waals surface area contributed by atoms with Gasteiger partial charge in [0.2, 0.25) is 0 Å². The van der Waals surface area contributed by atoms with Gasteiger partial charge in [-0.2, -0.15) is 0 Å². The van der Waals surface area contributed by atoms with E-state index in [4.69, 9.17) is 5.11 Å². The Morgan fingerprint density at radius 2 is 1.12 bits per heavy atom. The van der Waals surface area contributed by atoms with Gasteiger partial charge in [0.15, 0.2) is 0 Å². The van der Waals surface area contributed by atoms with Gasteiger partial charge in [0.05, 0.1) is 21.6 Å². The molecule has 140 valence electrons. The van der Waals surface area contributed by atoms with Crippen molar-refractivity contribution in [3.63, 3.8) is 0 Å². The number of carbonyl (C=O) groups is 3. The van der Waals surface area contributed by atoms with E-state index in [0.29, 0.717) is 0 Å². The van der Waals surface area contributed by atoms with E-state index in [1.807, 2.05) is 0 Å². The third kappa shape index (κ3) is 19.2. The maximum absolute atomic E-state index is 10.1. The Hall–Kier alpha value is -0.891. The molecule has 0 amide bonds. The standard InChI is InChI=1S/C6H8O7.Fe.H3N.H4O7P2/c7-3(8)1-6(13,5(11)12)2-4(9)10;;;1-8(2,3)7-9(4,5)6/h13H,1-2H2,(H,7,8)(H,9,10)(H,11,12);;1H3;(H2,1,2,3)(H2,4,5,6)/q;+6;;/p-6. The predicted octanol–water partition coefficient (Wildman–Crippen LogP) is -8.22. The summed E-state index contributed by atoms with van der Waals surface area (Å²) in [4.78, 5) is 67.3. The number of carboxylic acids is 3. The van der Waals surface area contributed by atoms with Gasteiger partial charge >= 0.3 is 17.1 Å². The molecular weight excluding hydrogens is 428 g/mol. The largest absolute Gasteiger partial charge is 6.00 e. The smallest absolute Gasteiger partial charge is 0.790 e. The number of carboxylic acid groups (broad SMARTS) is 3. The summed E-state index contributed by atoms with van der Waals surface area (Å²) in [7, 11) is -11.4. The molecule has 0 aliphatic rings. The Morgan fingerprint density at radius 3 is 1.21 bits per heavy atom. The Balaban J connectivity index is -0.000000162. The van der Waals surface area contributed by atoms with Crippen molar-refractivity contribution in [1.82, 2.24) is 6.15 Å². The summed E-state index contributed by atoms with van der Waals surface area (Å²) in [6, 6.07) is 0. The molecule has 0 bridgehead atoms. The molecule has 0 aromatic carbocycles. The monoisotopic (exact) mass is 437 g/mol. The number of quaternary nitrogens is 1. The fourth-order valence-corrected chi connectivity index (χ4v) is 1.79. The zero-order valence-electron chi connectivity index (χ0n) is 11.4. The Morgan fingerprint density at radius 1 is 0.875 bits per heavy atom. The van der Waals surface area contributed by atoms with Crippen LogP contribution in [-0.4, -0.2) is 28.6 Å². The summed E-state index contributed by atoms with van der Waals surface area (Å²) in [6.07, 6.45) is -2.72. The topological polar surface area (TPSA) is 313 Å². The van der Waals surface area contributed by atoms with Crippen LogP contribution in [0, 0.1) is 0 Å². The zero-order chi connectivity index (χ0) is 18.4. The minimum absolute atomic E-state index is 0. The van der Waals surface area contributed by atoms with Gasteiger partial charge in [0.25, 0.3) is 0 Å². The van der Waals surface area contributed by atoms with Gasteiger partial charge in [-0.05, 0) is 0 Å². The number of rotatable bonds is 7. The Labute approximate surface area is 143 Å². The first-order valence-electron chi connectivity index (χ1n) is 4.57. The summed E-state index contributed by atoms with van der Waals surface area (Å²) in [6.45, 7) is 0. The molecular formula is C6H9FeNO14P2. The van der Waals surface area contributed by atoms with Crippen molar-refractivity contribution in [2.75, 3.05) is 0 Å². The van der Waals surface area contributed by atoms with Crippen molar-refractivity contribution in [1.29, 1.82) is 0 Å². The minimum atomic E-state index is -5.68.